The molecule has 5 nitrogen and oxygen atoms in total. The number of nitrogens with one attached hydrogen (secondary N) is 2. The molecular formula is C46H80N4O+2. The van der Waals surface area contributed by atoms with Gasteiger partial charge in [-0.15, -0.1) is 0 Å². The van der Waals surface area contributed by atoms with Crippen LogP contribution in [0.3, 0.4) is 0 Å². The Hall–Kier alpha value is -2.66. The quantitative estimate of drug-likeness (QED) is 0.0414. The molecule has 0 saturated heterocycles. The number of unbranched alkanes of at least 4 members (excludes halogenated alkanes) is 22. The first-order chi connectivity index (χ1) is 25.3. The van der Waals surface area contributed by atoms with Crippen LogP contribution in [0.1, 0.15) is 192 Å². The van der Waals surface area contributed by atoms with Crippen molar-refractivity contribution in [2.24, 2.45) is 0 Å². The summed E-state index contributed by atoms with van der Waals surface area (Å²) in [5.41, 5.74) is 0. The molecule has 2 aromatic rings. The zero-order valence-electron chi connectivity index (χ0n) is 33.4. The summed E-state index contributed by atoms with van der Waals surface area (Å²) in [5, 5.41) is 0. The van der Waals surface area contributed by atoms with Crippen molar-refractivity contribution >= 4 is 12.4 Å². The minimum absolute atomic E-state index is 0.712. The SMILES string of the molecule is CCCCCCCCCCC=CCCCCC=C[n+]1cc[nH]c1CCOCCc1[nH]cc[n+]1C=CCCCCC=CCCCCCCCCCC. The molecule has 0 fully saturated rings. The number of imidazole rings is 2. The van der Waals surface area contributed by atoms with E-state index in [0.29, 0.717) is 13.2 Å². The number of aromatic nitrogens is 4. The van der Waals surface area contributed by atoms with Crippen LogP contribution in [0.4, 0.5) is 0 Å². The Morgan fingerprint density at radius 3 is 1.12 bits per heavy atom. The fraction of sp³-hybridized carbons (Fsp3) is 0.696. The highest BCUT2D eigenvalue weighted by molar-refractivity contribution is 5.08. The summed E-state index contributed by atoms with van der Waals surface area (Å²) in [7, 11) is 0. The third-order valence-electron chi connectivity index (χ3n) is 9.86. The highest BCUT2D eigenvalue weighted by atomic mass is 16.5. The van der Waals surface area contributed by atoms with Crippen LogP contribution >= 0.6 is 0 Å². The molecule has 0 amide bonds. The molecule has 51 heavy (non-hydrogen) atoms. The normalized spacial score (nSPS) is 12.3. The topological polar surface area (TPSA) is 48.6 Å². The van der Waals surface area contributed by atoms with E-state index in [0.717, 1.165) is 25.7 Å². The van der Waals surface area contributed by atoms with Crippen molar-refractivity contribution < 1.29 is 13.9 Å². The van der Waals surface area contributed by atoms with Gasteiger partial charge in [0.2, 0.25) is 0 Å². The summed E-state index contributed by atoms with van der Waals surface area (Å²) in [6.45, 7) is 6.00. The van der Waals surface area contributed by atoms with Crippen molar-refractivity contribution in [3.05, 3.63) is 72.9 Å². The van der Waals surface area contributed by atoms with Crippen LogP contribution in [0.15, 0.2) is 61.2 Å². The minimum Gasteiger partial charge on any atom is -0.380 e. The van der Waals surface area contributed by atoms with E-state index in [9.17, 15) is 0 Å². The molecule has 0 bridgehead atoms. The molecule has 0 aliphatic rings. The number of aromatic amines is 2. The summed E-state index contributed by atoms with van der Waals surface area (Å²) >= 11 is 0. The van der Waals surface area contributed by atoms with Crippen LogP contribution in [0.25, 0.3) is 12.4 Å². The van der Waals surface area contributed by atoms with Gasteiger partial charge in [-0.3, -0.25) is 0 Å². The van der Waals surface area contributed by atoms with Crippen molar-refractivity contribution in [1.82, 2.24) is 9.97 Å². The van der Waals surface area contributed by atoms with Crippen molar-refractivity contribution in [1.29, 1.82) is 0 Å². The highest BCUT2D eigenvalue weighted by Crippen LogP contribution is 2.12. The maximum absolute atomic E-state index is 6.03. The maximum Gasteiger partial charge on any atom is 0.261 e. The molecule has 0 aromatic carbocycles. The molecule has 5 heteroatoms. The van der Waals surface area contributed by atoms with Crippen LogP contribution in [0.2, 0.25) is 0 Å². The van der Waals surface area contributed by atoms with Crippen molar-refractivity contribution in [2.45, 2.75) is 194 Å². The summed E-state index contributed by atoms with van der Waals surface area (Å²) in [6.07, 6.45) is 63.3. The molecule has 2 heterocycles. The summed E-state index contributed by atoms with van der Waals surface area (Å²) < 4.78 is 10.4. The average Bonchev–Trinajstić information content (AvgIpc) is 3.80. The lowest BCUT2D eigenvalue weighted by Gasteiger charge is -2.01. The van der Waals surface area contributed by atoms with Crippen LogP contribution in [-0.4, -0.2) is 23.2 Å². The van der Waals surface area contributed by atoms with Gasteiger partial charge >= 0.3 is 0 Å². The van der Waals surface area contributed by atoms with E-state index in [4.69, 9.17) is 4.74 Å². The van der Waals surface area contributed by atoms with Crippen LogP contribution in [0.5, 0.6) is 0 Å². The Labute approximate surface area is 315 Å². The monoisotopic (exact) mass is 705 g/mol. The number of nitrogens with zero attached hydrogens (tertiary/aromatic N) is 2. The van der Waals surface area contributed by atoms with Crippen LogP contribution in [0, 0.1) is 0 Å². The predicted octanol–water partition coefficient (Wildman–Crippen LogP) is 13.0. The van der Waals surface area contributed by atoms with Gasteiger partial charge in [-0.1, -0.05) is 128 Å². The van der Waals surface area contributed by atoms with Gasteiger partial charge in [-0.2, -0.15) is 0 Å². The zero-order valence-corrected chi connectivity index (χ0v) is 33.4. The Balaban J connectivity index is 1.45. The number of hydrogen-bond acceptors (Lipinski definition) is 1. The van der Waals surface area contributed by atoms with Crippen LogP contribution in [-0.2, 0) is 17.6 Å². The smallest absolute Gasteiger partial charge is 0.261 e. The third-order valence-corrected chi connectivity index (χ3v) is 9.86. The number of ether oxygens (including phenoxy) is 1. The summed E-state index contributed by atoms with van der Waals surface area (Å²) in [5.74, 6) is 2.37. The van der Waals surface area contributed by atoms with Gasteiger partial charge in [-0.25, -0.2) is 19.1 Å². The average molecular weight is 705 g/mol. The van der Waals surface area contributed by atoms with Gasteiger partial charge in [0.1, 0.15) is 24.8 Å². The second-order valence-electron chi connectivity index (χ2n) is 14.5. The largest absolute Gasteiger partial charge is 0.380 e. The molecule has 2 rings (SSSR count). The molecular weight excluding hydrogens is 625 g/mol. The van der Waals surface area contributed by atoms with Crippen LogP contribution < -0.4 is 9.13 Å². The van der Waals surface area contributed by atoms with E-state index in [1.54, 1.807) is 0 Å². The first-order valence-electron chi connectivity index (χ1n) is 21.7. The molecule has 0 aliphatic carbocycles. The lowest BCUT2D eigenvalue weighted by atomic mass is 10.1. The Morgan fingerprint density at radius 1 is 0.431 bits per heavy atom. The first-order valence-corrected chi connectivity index (χ1v) is 21.7. The van der Waals surface area contributed by atoms with Crippen molar-refractivity contribution in [2.75, 3.05) is 13.2 Å². The Kier molecular flexibility index (Phi) is 30.0. The molecule has 0 unspecified atom stereocenters. The predicted molar refractivity (Wildman–Crippen MR) is 221 cm³/mol. The highest BCUT2D eigenvalue weighted by Gasteiger charge is 2.10. The first kappa shape index (κ1) is 44.5. The number of rotatable bonds is 36. The molecule has 0 saturated carbocycles. The second kappa shape index (κ2) is 34.4. The number of allylic oxidation sites excluding steroid dienone is 6. The maximum atomic E-state index is 6.03. The second-order valence-corrected chi connectivity index (χ2v) is 14.5. The zero-order chi connectivity index (χ0) is 36.1. The number of H-pyrrole nitrogens is 2. The van der Waals surface area contributed by atoms with E-state index in [-0.39, 0.29) is 0 Å². The molecule has 0 radical (unpaired) electrons. The third kappa shape index (κ3) is 25.9. The van der Waals surface area contributed by atoms with E-state index < -0.39 is 0 Å². The van der Waals surface area contributed by atoms with Gasteiger partial charge in [0, 0.05) is 0 Å². The van der Waals surface area contributed by atoms with Gasteiger partial charge in [0.25, 0.3) is 11.6 Å². The number of hydrogen-bond donors (Lipinski definition) is 2. The van der Waals surface area contributed by atoms with E-state index in [1.165, 1.54) is 166 Å². The molecule has 0 aliphatic heterocycles. The van der Waals surface area contributed by atoms with E-state index in [1.807, 2.05) is 12.4 Å². The van der Waals surface area contributed by atoms with Crippen molar-refractivity contribution in [3.8, 4) is 0 Å². The van der Waals surface area contributed by atoms with Gasteiger partial charge in [0.15, 0.2) is 0 Å². The Bertz CT molecular complexity index is 1050. The molecule has 288 valence electrons. The van der Waals surface area contributed by atoms with Gasteiger partial charge in [0.05, 0.1) is 38.5 Å². The van der Waals surface area contributed by atoms with E-state index in [2.05, 4.69) is 94.2 Å². The Morgan fingerprint density at radius 2 is 0.745 bits per heavy atom. The molecule has 0 atom stereocenters. The lowest BCUT2D eigenvalue weighted by Crippen LogP contribution is -2.30. The summed E-state index contributed by atoms with van der Waals surface area (Å²) in [6, 6.07) is 0. The molecule has 2 aromatic heterocycles. The van der Waals surface area contributed by atoms with Gasteiger partial charge < -0.3 is 4.74 Å². The lowest BCUT2D eigenvalue weighted by molar-refractivity contribution is -0.576. The summed E-state index contributed by atoms with van der Waals surface area (Å²) in [4.78, 5) is 6.77. The van der Waals surface area contributed by atoms with E-state index >= 15 is 0 Å². The van der Waals surface area contributed by atoms with Gasteiger partial charge in [-0.05, 0) is 89.2 Å². The molecule has 2 N–H and O–H groups in total. The standard InChI is InChI=1S/C46H78N4O/c1-3-5-7-9-11-13-15-17-19-21-23-25-27-29-31-33-39-49-41-37-47-45(49)35-43-51-44-36-46-48-38-42-50(46)40-34-32-30-28-26-24-22-20-18-16-14-12-10-8-6-4-2/h21-24,33-34,37-42H,3-20,25-32,35-36,43-44H2,1-2H3/p+2. The fourth-order valence-corrected chi connectivity index (χ4v) is 6.57. The minimum atomic E-state index is 0.712. The van der Waals surface area contributed by atoms with Crippen molar-refractivity contribution in [3.63, 3.8) is 0 Å². The fourth-order valence-electron chi connectivity index (χ4n) is 6.57. The molecule has 0 spiro atoms.